The van der Waals surface area contributed by atoms with Crippen molar-refractivity contribution >= 4 is 0 Å². The molecule has 0 saturated heterocycles. The molecular formula is C15H25NO. The maximum absolute atomic E-state index is 9.37. The van der Waals surface area contributed by atoms with Gasteiger partial charge in [-0.1, -0.05) is 12.1 Å². The molecule has 1 N–H and O–H groups in total. The summed E-state index contributed by atoms with van der Waals surface area (Å²) in [5.41, 5.74) is 5.25. The maximum Gasteiger partial charge on any atom is 0.0610 e. The summed E-state index contributed by atoms with van der Waals surface area (Å²) in [4.78, 5) is 2.20. The Balaban J connectivity index is 2.93. The highest BCUT2D eigenvalue weighted by molar-refractivity contribution is 5.38. The first-order chi connectivity index (χ1) is 7.79. The molecule has 2 heteroatoms. The van der Waals surface area contributed by atoms with Crippen molar-refractivity contribution in [3.8, 4) is 0 Å². The summed E-state index contributed by atoms with van der Waals surface area (Å²) in [6.45, 7) is 11.7. The smallest absolute Gasteiger partial charge is 0.0610 e. The van der Waals surface area contributed by atoms with E-state index in [1.807, 2.05) is 0 Å². The van der Waals surface area contributed by atoms with Gasteiger partial charge >= 0.3 is 0 Å². The van der Waals surface area contributed by atoms with Crippen LogP contribution in [0.2, 0.25) is 0 Å². The minimum absolute atomic E-state index is 0.174. The molecule has 0 amide bonds. The van der Waals surface area contributed by atoms with E-state index in [1.54, 1.807) is 0 Å². The van der Waals surface area contributed by atoms with Gasteiger partial charge in [-0.05, 0) is 63.9 Å². The first-order valence-electron chi connectivity index (χ1n) is 6.17. The van der Waals surface area contributed by atoms with Crippen LogP contribution >= 0.6 is 0 Å². The Hall–Kier alpha value is -0.860. The van der Waals surface area contributed by atoms with Gasteiger partial charge in [-0.2, -0.15) is 0 Å². The van der Waals surface area contributed by atoms with Crippen LogP contribution in [-0.4, -0.2) is 29.2 Å². The third kappa shape index (κ3) is 3.08. The number of likely N-dealkylation sites (N-methyl/N-ethyl adjacent to an activating group) is 1. The molecule has 0 unspecified atom stereocenters. The van der Waals surface area contributed by atoms with Crippen molar-refractivity contribution < 1.29 is 5.11 Å². The minimum Gasteiger partial charge on any atom is -0.394 e. The second-order valence-corrected chi connectivity index (χ2v) is 5.62. The Kier molecular flexibility index (Phi) is 4.34. The van der Waals surface area contributed by atoms with Crippen molar-refractivity contribution in [3.05, 3.63) is 34.4 Å². The highest BCUT2D eigenvalue weighted by Crippen LogP contribution is 2.21. The van der Waals surface area contributed by atoms with E-state index in [0.717, 1.165) is 6.54 Å². The lowest BCUT2D eigenvalue weighted by atomic mass is 9.97. The molecule has 0 atom stereocenters. The molecule has 0 aliphatic rings. The first-order valence-corrected chi connectivity index (χ1v) is 6.17. The number of aliphatic hydroxyl groups excluding tert-OH is 1. The van der Waals surface area contributed by atoms with E-state index in [1.165, 1.54) is 22.3 Å². The lowest BCUT2D eigenvalue weighted by Crippen LogP contribution is -2.43. The first kappa shape index (κ1) is 14.2. The monoisotopic (exact) mass is 235 g/mol. The van der Waals surface area contributed by atoms with E-state index in [-0.39, 0.29) is 12.1 Å². The normalized spacial score (nSPS) is 12.2. The number of aliphatic hydroxyl groups is 1. The van der Waals surface area contributed by atoms with E-state index in [4.69, 9.17) is 0 Å². The van der Waals surface area contributed by atoms with Crippen LogP contribution in [0.5, 0.6) is 0 Å². The molecule has 0 bridgehead atoms. The number of hydrogen-bond acceptors (Lipinski definition) is 2. The molecule has 0 spiro atoms. The fourth-order valence-electron chi connectivity index (χ4n) is 1.77. The van der Waals surface area contributed by atoms with Crippen molar-refractivity contribution in [2.45, 2.75) is 46.7 Å². The van der Waals surface area contributed by atoms with Crippen molar-refractivity contribution in [2.24, 2.45) is 0 Å². The zero-order chi connectivity index (χ0) is 13.2. The fraction of sp³-hybridized carbons (Fsp3) is 0.600. The van der Waals surface area contributed by atoms with Gasteiger partial charge in [0.1, 0.15) is 0 Å². The molecule has 0 aliphatic carbocycles. The van der Waals surface area contributed by atoms with Gasteiger partial charge in [0, 0.05) is 12.1 Å². The topological polar surface area (TPSA) is 23.5 Å². The molecule has 0 radical (unpaired) electrons. The molecule has 2 nitrogen and oxygen atoms in total. The largest absolute Gasteiger partial charge is 0.394 e. The van der Waals surface area contributed by atoms with Gasteiger partial charge in [0.05, 0.1) is 6.61 Å². The predicted molar refractivity (Wildman–Crippen MR) is 73.3 cm³/mol. The molecule has 0 saturated carbocycles. The standard InChI is InChI=1S/C15H25NO/c1-11-7-8-14(13(3)12(11)2)9-16(6)15(4,5)10-17/h7-8,17H,9-10H2,1-6H3. The van der Waals surface area contributed by atoms with Crippen LogP contribution < -0.4 is 0 Å². The Bertz CT molecular complexity index is 396. The molecule has 1 aromatic carbocycles. The second kappa shape index (κ2) is 5.19. The van der Waals surface area contributed by atoms with Crippen LogP contribution in [0.4, 0.5) is 0 Å². The lowest BCUT2D eigenvalue weighted by Gasteiger charge is -2.34. The van der Waals surface area contributed by atoms with Gasteiger partial charge in [0.15, 0.2) is 0 Å². The summed E-state index contributed by atoms with van der Waals surface area (Å²) in [5.74, 6) is 0. The summed E-state index contributed by atoms with van der Waals surface area (Å²) < 4.78 is 0. The van der Waals surface area contributed by atoms with Crippen molar-refractivity contribution in [1.82, 2.24) is 4.90 Å². The van der Waals surface area contributed by atoms with Gasteiger partial charge in [-0.3, -0.25) is 4.90 Å². The summed E-state index contributed by atoms with van der Waals surface area (Å²) >= 11 is 0. The number of aryl methyl sites for hydroxylation is 1. The Morgan fingerprint density at radius 1 is 1.12 bits per heavy atom. The summed E-state index contributed by atoms with van der Waals surface area (Å²) in [5, 5.41) is 9.37. The van der Waals surface area contributed by atoms with Gasteiger partial charge in [0.25, 0.3) is 0 Å². The summed E-state index contributed by atoms with van der Waals surface area (Å²) in [6, 6.07) is 4.37. The molecule has 0 aromatic heterocycles. The van der Waals surface area contributed by atoms with Crippen LogP contribution in [0.25, 0.3) is 0 Å². The van der Waals surface area contributed by atoms with Crippen LogP contribution in [0.3, 0.4) is 0 Å². The molecule has 1 rings (SSSR count). The highest BCUT2D eigenvalue weighted by Gasteiger charge is 2.22. The molecule has 0 aliphatic heterocycles. The van der Waals surface area contributed by atoms with Crippen molar-refractivity contribution in [2.75, 3.05) is 13.7 Å². The zero-order valence-electron chi connectivity index (χ0n) is 12.0. The fourth-order valence-corrected chi connectivity index (χ4v) is 1.77. The number of benzene rings is 1. The predicted octanol–water partition coefficient (Wildman–Crippen LogP) is 2.81. The quantitative estimate of drug-likeness (QED) is 0.867. The summed E-state index contributed by atoms with van der Waals surface area (Å²) in [7, 11) is 2.06. The van der Waals surface area contributed by atoms with Crippen LogP contribution in [0, 0.1) is 20.8 Å². The average molecular weight is 235 g/mol. The second-order valence-electron chi connectivity index (χ2n) is 5.62. The third-order valence-electron chi connectivity index (χ3n) is 4.00. The number of rotatable bonds is 4. The van der Waals surface area contributed by atoms with E-state index < -0.39 is 0 Å². The SMILES string of the molecule is Cc1ccc(CN(C)C(C)(C)CO)c(C)c1C. The lowest BCUT2D eigenvalue weighted by molar-refractivity contribution is 0.0732. The van der Waals surface area contributed by atoms with Crippen LogP contribution in [0.15, 0.2) is 12.1 Å². The third-order valence-corrected chi connectivity index (χ3v) is 4.00. The minimum atomic E-state index is -0.175. The highest BCUT2D eigenvalue weighted by atomic mass is 16.3. The van der Waals surface area contributed by atoms with Crippen LogP contribution in [-0.2, 0) is 6.54 Å². The van der Waals surface area contributed by atoms with E-state index >= 15 is 0 Å². The van der Waals surface area contributed by atoms with Gasteiger partial charge in [-0.25, -0.2) is 0 Å². The maximum atomic E-state index is 9.37. The van der Waals surface area contributed by atoms with E-state index in [0.29, 0.717) is 0 Å². The molecular weight excluding hydrogens is 210 g/mol. The molecule has 0 heterocycles. The van der Waals surface area contributed by atoms with Gasteiger partial charge < -0.3 is 5.11 Å². The van der Waals surface area contributed by atoms with Crippen LogP contribution in [0.1, 0.15) is 36.1 Å². The number of nitrogens with zero attached hydrogens (tertiary/aromatic N) is 1. The van der Waals surface area contributed by atoms with Crippen molar-refractivity contribution in [1.29, 1.82) is 0 Å². The Morgan fingerprint density at radius 3 is 2.24 bits per heavy atom. The zero-order valence-corrected chi connectivity index (χ0v) is 12.0. The molecule has 17 heavy (non-hydrogen) atoms. The van der Waals surface area contributed by atoms with Gasteiger partial charge in [0.2, 0.25) is 0 Å². The van der Waals surface area contributed by atoms with E-state index in [2.05, 4.69) is 58.7 Å². The summed E-state index contributed by atoms with van der Waals surface area (Å²) in [6.07, 6.45) is 0. The van der Waals surface area contributed by atoms with Crippen molar-refractivity contribution in [3.63, 3.8) is 0 Å². The van der Waals surface area contributed by atoms with Gasteiger partial charge in [-0.15, -0.1) is 0 Å². The molecule has 96 valence electrons. The van der Waals surface area contributed by atoms with E-state index in [9.17, 15) is 5.11 Å². The number of hydrogen-bond donors (Lipinski definition) is 1. The molecule has 0 fully saturated rings. The Morgan fingerprint density at radius 2 is 1.71 bits per heavy atom. The molecule has 1 aromatic rings. The average Bonchev–Trinajstić information content (AvgIpc) is 2.29. The Labute approximate surface area is 105 Å².